The second kappa shape index (κ2) is 5.82. The maximum atomic E-state index is 12.6. The third kappa shape index (κ3) is 2.43. The van der Waals surface area contributed by atoms with Gasteiger partial charge in [0.2, 0.25) is 0 Å². The van der Waals surface area contributed by atoms with Crippen LogP contribution in [0.4, 0.5) is 0 Å². The summed E-state index contributed by atoms with van der Waals surface area (Å²) in [5.74, 6) is -0.0218. The molecule has 0 amide bonds. The molecule has 3 aliphatic carbocycles. The van der Waals surface area contributed by atoms with Gasteiger partial charge in [0.05, 0.1) is 25.2 Å². The first-order chi connectivity index (χ1) is 11.5. The van der Waals surface area contributed by atoms with Crippen molar-refractivity contribution in [3.05, 3.63) is 12.2 Å². The van der Waals surface area contributed by atoms with Crippen LogP contribution in [0.3, 0.4) is 0 Å². The predicted molar refractivity (Wildman–Crippen MR) is 96.7 cm³/mol. The molecule has 0 saturated heterocycles. The van der Waals surface area contributed by atoms with Crippen molar-refractivity contribution in [3.63, 3.8) is 0 Å². The third-order valence-electron chi connectivity index (χ3n) is 8.21. The average Bonchev–Trinajstić information content (AvgIpc) is 2.51. The molecule has 0 spiro atoms. The van der Waals surface area contributed by atoms with Gasteiger partial charge in [-0.1, -0.05) is 39.8 Å². The van der Waals surface area contributed by atoms with Crippen LogP contribution in [0.1, 0.15) is 59.8 Å². The first kappa shape index (κ1) is 18.9. The van der Waals surface area contributed by atoms with Crippen LogP contribution < -0.4 is 0 Å². The van der Waals surface area contributed by atoms with E-state index in [2.05, 4.69) is 34.3 Å². The Labute approximate surface area is 151 Å². The minimum absolute atomic E-state index is 0.0239. The average molecular weight is 350 g/mol. The molecular weight excluding hydrogens is 316 g/mol. The molecule has 0 aromatic rings. The molecule has 0 aromatic heterocycles. The van der Waals surface area contributed by atoms with Gasteiger partial charge >= 0.3 is 5.97 Å². The number of ether oxygens (including phenoxy) is 1. The molecule has 0 bridgehead atoms. The number of methoxy groups -OCH3 is 1. The lowest BCUT2D eigenvalue weighted by Gasteiger charge is -2.67. The van der Waals surface area contributed by atoms with Gasteiger partial charge in [-0.25, -0.2) is 0 Å². The van der Waals surface area contributed by atoms with Crippen LogP contribution in [0, 0.1) is 34.0 Å². The molecule has 3 rings (SSSR count). The van der Waals surface area contributed by atoms with E-state index in [0.29, 0.717) is 12.3 Å². The Morgan fingerprint density at radius 1 is 1.16 bits per heavy atom. The van der Waals surface area contributed by atoms with Crippen molar-refractivity contribution < 1.29 is 19.7 Å². The monoisotopic (exact) mass is 350 g/mol. The molecule has 7 atom stereocenters. The van der Waals surface area contributed by atoms with E-state index in [0.717, 1.165) is 31.3 Å². The Morgan fingerprint density at radius 2 is 1.80 bits per heavy atom. The number of hydrogen-bond donors (Lipinski definition) is 2. The van der Waals surface area contributed by atoms with E-state index in [1.165, 1.54) is 7.11 Å². The van der Waals surface area contributed by atoms with Crippen LogP contribution in [0.25, 0.3) is 0 Å². The lowest BCUT2D eigenvalue weighted by molar-refractivity contribution is -0.237. The van der Waals surface area contributed by atoms with Crippen LogP contribution in [-0.4, -0.2) is 35.5 Å². The summed E-state index contributed by atoms with van der Waals surface area (Å²) in [6, 6.07) is 0. The van der Waals surface area contributed by atoms with Gasteiger partial charge in [-0.05, 0) is 54.8 Å². The van der Waals surface area contributed by atoms with E-state index in [-0.39, 0.29) is 28.6 Å². The second-order valence-electron chi connectivity index (χ2n) is 9.87. The summed E-state index contributed by atoms with van der Waals surface area (Å²) in [6.45, 7) is 12.9. The fraction of sp³-hybridized carbons (Fsp3) is 0.857. The van der Waals surface area contributed by atoms with Crippen molar-refractivity contribution in [2.75, 3.05) is 7.11 Å². The number of esters is 1. The molecular formula is C21H34O4. The molecule has 3 saturated carbocycles. The zero-order valence-electron chi connectivity index (χ0n) is 16.3. The van der Waals surface area contributed by atoms with Crippen molar-refractivity contribution >= 4 is 5.97 Å². The minimum atomic E-state index is -0.750. The summed E-state index contributed by atoms with van der Waals surface area (Å²) < 4.78 is 5.12. The van der Waals surface area contributed by atoms with Crippen LogP contribution >= 0.6 is 0 Å². The molecule has 0 radical (unpaired) electrons. The SMILES string of the molecule is C=C1CCC2C(C)(CCC3C(C)(C)CC(O)C(O)C32C)C1C(=O)OC. The quantitative estimate of drug-likeness (QED) is 0.562. The summed E-state index contributed by atoms with van der Waals surface area (Å²) in [6.07, 6.45) is 2.76. The first-order valence-electron chi connectivity index (χ1n) is 9.61. The summed E-state index contributed by atoms with van der Waals surface area (Å²) >= 11 is 0. The number of aliphatic hydroxyl groups excluding tert-OH is 2. The highest BCUT2D eigenvalue weighted by Gasteiger charge is 2.66. The molecule has 3 fully saturated rings. The fourth-order valence-corrected chi connectivity index (χ4v) is 7.23. The number of carbonyl (C=O) groups is 1. The summed E-state index contributed by atoms with van der Waals surface area (Å²) in [5.41, 5.74) is 0.255. The molecule has 0 aliphatic heterocycles. The van der Waals surface area contributed by atoms with Crippen LogP contribution in [0.2, 0.25) is 0 Å². The van der Waals surface area contributed by atoms with Crippen LogP contribution in [0.5, 0.6) is 0 Å². The number of rotatable bonds is 1. The van der Waals surface area contributed by atoms with Gasteiger partial charge < -0.3 is 14.9 Å². The van der Waals surface area contributed by atoms with Crippen LogP contribution in [-0.2, 0) is 9.53 Å². The first-order valence-corrected chi connectivity index (χ1v) is 9.61. The fourth-order valence-electron chi connectivity index (χ4n) is 7.23. The Balaban J connectivity index is 2.09. The van der Waals surface area contributed by atoms with Gasteiger partial charge in [0.25, 0.3) is 0 Å². The second-order valence-corrected chi connectivity index (χ2v) is 9.87. The normalized spacial score (nSPS) is 49.1. The highest BCUT2D eigenvalue weighted by atomic mass is 16.5. The summed E-state index contributed by atoms with van der Waals surface area (Å²) in [7, 11) is 1.44. The molecule has 4 nitrogen and oxygen atoms in total. The standard InChI is InChI=1S/C21H34O4/c1-12-7-8-15-20(4,16(12)18(24)25-6)10-9-14-19(2,3)11-13(22)17(23)21(14,15)5/h13-17,22-23H,1,7-11H2,2-6H3. The van der Waals surface area contributed by atoms with Gasteiger partial charge in [0.1, 0.15) is 0 Å². The van der Waals surface area contributed by atoms with E-state index < -0.39 is 17.6 Å². The Morgan fingerprint density at radius 3 is 2.40 bits per heavy atom. The number of hydrogen-bond acceptors (Lipinski definition) is 4. The maximum absolute atomic E-state index is 12.6. The number of aliphatic hydroxyl groups is 2. The number of carbonyl (C=O) groups excluding carboxylic acids is 1. The highest BCUT2D eigenvalue weighted by Crippen LogP contribution is 2.69. The topological polar surface area (TPSA) is 66.8 Å². The van der Waals surface area contributed by atoms with Crippen LogP contribution in [0.15, 0.2) is 12.2 Å². The lowest BCUT2D eigenvalue weighted by atomic mass is 9.38. The van der Waals surface area contributed by atoms with Crippen molar-refractivity contribution in [1.82, 2.24) is 0 Å². The van der Waals surface area contributed by atoms with Gasteiger partial charge in [0.15, 0.2) is 0 Å². The molecule has 0 aromatic carbocycles. The van der Waals surface area contributed by atoms with Gasteiger partial charge in [-0.15, -0.1) is 0 Å². The van der Waals surface area contributed by atoms with E-state index in [1.807, 2.05) is 0 Å². The smallest absolute Gasteiger partial charge is 0.313 e. The maximum Gasteiger partial charge on any atom is 0.313 e. The van der Waals surface area contributed by atoms with E-state index in [4.69, 9.17) is 4.74 Å². The van der Waals surface area contributed by atoms with Crippen molar-refractivity contribution in [2.24, 2.45) is 34.0 Å². The Bertz CT molecular complexity index is 574. The Kier molecular flexibility index (Phi) is 4.40. The van der Waals surface area contributed by atoms with E-state index in [9.17, 15) is 15.0 Å². The minimum Gasteiger partial charge on any atom is -0.469 e. The van der Waals surface area contributed by atoms with Gasteiger partial charge in [0, 0.05) is 5.41 Å². The molecule has 0 heterocycles. The zero-order valence-corrected chi connectivity index (χ0v) is 16.3. The van der Waals surface area contributed by atoms with Crippen molar-refractivity contribution in [2.45, 2.75) is 72.0 Å². The highest BCUT2D eigenvalue weighted by molar-refractivity contribution is 5.77. The Hall–Kier alpha value is -0.870. The third-order valence-corrected chi connectivity index (χ3v) is 8.21. The molecule has 7 unspecified atom stereocenters. The molecule has 3 aliphatic rings. The number of fused-ring (bicyclic) bond motifs is 3. The molecule has 4 heteroatoms. The largest absolute Gasteiger partial charge is 0.469 e. The van der Waals surface area contributed by atoms with Gasteiger partial charge in [-0.2, -0.15) is 0 Å². The summed E-state index contributed by atoms with van der Waals surface area (Å²) in [4.78, 5) is 12.6. The van der Waals surface area contributed by atoms with E-state index in [1.54, 1.807) is 0 Å². The lowest BCUT2D eigenvalue weighted by Crippen LogP contribution is -2.66. The molecule has 142 valence electrons. The van der Waals surface area contributed by atoms with Crippen molar-refractivity contribution in [3.8, 4) is 0 Å². The predicted octanol–water partition coefficient (Wildman–Crippen LogP) is 3.32. The summed E-state index contributed by atoms with van der Waals surface area (Å²) in [5, 5.41) is 21.7. The zero-order chi connectivity index (χ0) is 18.8. The molecule has 25 heavy (non-hydrogen) atoms. The van der Waals surface area contributed by atoms with Gasteiger partial charge in [-0.3, -0.25) is 4.79 Å². The van der Waals surface area contributed by atoms with E-state index >= 15 is 0 Å². The van der Waals surface area contributed by atoms with Crippen molar-refractivity contribution in [1.29, 1.82) is 0 Å². The molecule has 2 N–H and O–H groups in total.